The second-order valence-corrected chi connectivity index (χ2v) is 10.2. The molecule has 1 heterocycles. The first kappa shape index (κ1) is 25.3. The van der Waals surface area contributed by atoms with Crippen LogP contribution in [0.15, 0.2) is 71.6 Å². The second-order valence-electron chi connectivity index (χ2n) is 8.16. The van der Waals surface area contributed by atoms with Gasteiger partial charge in [0.15, 0.2) is 11.5 Å². The number of carbonyl (C=O) groups is 2. The van der Waals surface area contributed by atoms with Crippen molar-refractivity contribution >= 4 is 39.2 Å². The zero-order valence-electron chi connectivity index (χ0n) is 19.5. The van der Waals surface area contributed by atoms with Crippen LogP contribution in [0.4, 0.5) is 10.5 Å². The van der Waals surface area contributed by atoms with Crippen molar-refractivity contribution in [3.8, 4) is 11.5 Å². The molecule has 1 unspecified atom stereocenters. The molecule has 0 saturated heterocycles. The van der Waals surface area contributed by atoms with Gasteiger partial charge in [-0.05, 0) is 48.4 Å². The number of hydrogen-bond acceptors (Lipinski definition) is 6. The minimum atomic E-state index is -4.15. The Morgan fingerprint density at radius 2 is 1.72 bits per heavy atom. The first-order valence-corrected chi connectivity index (χ1v) is 12.8. The Balaban J connectivity index is 1.56. The fourth-order valence-corrected chi connectivity index (χ4v) is 5.02. The van der Waals surface area contributed by atoms with Gasteiger partial charge < -0.3 is 19.7 Å². The highest BCUT2D eigenvalue weighted by molar-refractivity contribution is 7.90. The molecule has 0 fully saturated rings. The first-order chi connectivity index (χ1) is 17.1. The molecular weight excluding hydrogens is 506 g/mol. The van der Waals surface area contributed by atoms with Gasteiger partial charge in [-0.1, -0.05) is 41.9 Å². The number of amides is 3. The lowest BCUT2D eigenvalue weighted by Gasteiger charge is -2.25. The van der Waals surface area contributed by atoms with Crippen molar-refractivity contribution < 1.29 is 27.5 Å². The number of aryl methyl sites for hydroxylation is 1. The summed E-state index contributed by atoms with van der Waals surface area (Å²) in [7, 11) is -2.60. The van der Waals surface area contributed by atoms with E-state index < -0.39 is 28.0 Å². The summed E-state index contributed by atoms with van der Waals surface area (Å²) in [6.45, 7) is 1.71. The minimum absolute atomic E-state index is 0.0294. The summed E-state index contributed by atoms with van der Waals surface area (Å²) in [5.41, 5.74) is 1.72. The van der Waals surface area contributed by atoms with Gasteiger partial charge in [0.1, 0.15) is 6.04 Å². The molecule has 0 aromatic heterocycles. The lowest BCUT2D eigenvalue weighted by molar-refractivity contribution is -0.120. The zero-order valence-corrected chi connectivity index (χ0v) is 21.1. The number of rotatable bonds is 7. The minimum Gasteiger partial charge on any atom is -0.454 e. The maximum Gasteiger partial charge on any atom is 0.329 e. The molecule has 188 valence electrons. The van der Waals surface area contributed by atoms with Gasteiger partial charge >= 0.3 is 6.03 Å². The van der Waals surface area contributed by atoms with Crippen LogP contribution in [0.2, 0.25) is 5.02 Å². The van der Waals surface area contributed by atoms with Crippen molar-refractivity contribution in [2.45, 2.75) is 24.3 Å². The van der Waals surface area contributed by atoms with Crippen LogP contribution < -0.4 is 24.4 Å². The number of urea groups is 1. The summed E-state index contributed by atoms with van der Waals surface area (Å²) in [4.78, 5) is 27.6. The fraction of sp³-hybridized carbons (Fsp3) is 0.200. The molecule has 3 amide bonds. The van der Waals surface area contributed by atoms with E-state index in [1.807, 2.05) is 4.72 Å². The summed E-state index contributed by atoms with van der Waals surface area (Å²) in [6.07, 6.45) is 0.0999. The van der Waals surface area contributed by atoms with E-state index in [4.69, 9.17) is 21.1 Å². The van der Waals surface area contributed by atoms with Gasteiger partial charge in [0.2, 0.25) is 12.7 Å². The second kappa shape index (κ2) is 10.5. The predicted octanol–water partition coefficient (Wildman–Crippen LogP) is 3.64. The molecule has 9 nitrogen and oxygen atoms in total. The number of nitrogens with zero attached hydrogens (tertiary/aromatic N) is 1. The number of fused-ring (bicyclic) bond motifs is 1. The van der Waals surface area contributed by atoms with Crippen LogP contribution in [0.25, 0.3) is 0 Å². The van der Waals surface area contributed by atoms with Crippen LogP contribution in [0.3, 0.4) is 0 Å². The number of sulfonamides is 1. The predicted molar refractivity (Wildman–Crippen MR) is 135 cm³/mol. The molecule has 36 heavy (non-hydrogen) atoms. The number of anilines is 1. The van der Waals surface area contributed by atoms with Gasteiger partial charge in [0.05, 0.1) is 4.90 Å². The van der Waals surface area contributed by atoms with Gasteiger partial charge in [-0.15, -0.1) is 0 Å². The van der Waals surface area contributed by atoms with Crippen molar-refractivity contribution in [1.82, 2.24) is 10.0 Å². The Kier molecular flexibility index (Phi) is 7.37. The smallest absolute Gasteiger partial charge is 0.329 e. The number of benzene rings is 3. The Morgan fingerprint density at radius 1 is 1.03 bits per heavy atom. The summed E-state index contributed by atoms with van der Waals surface area (Å²) in [6, 6.07) is 16.0. The number of nitrogens with one attached hydrogen (secondary N) is 2. The van der Waals surface area contributed by atoms with Gasteiger partial charge in [0.25, 0.3) is 10.0 Å². The van der Waals surface area contributed by atoms with Crippen LogP contribution in [0, 0.1) is 6.92 Å². The van der Waals surface area contributed by atoms with E-state index >= 15 is 0 Å². The highest BCUT2D eigenvalue weighted by Crippen LogP contribution is 2.35. The van der Waals surface area contributed by atoms with E-state index in [-0.39, 0.29) is 18.1 Å². The van der Waals surface area contributed by atoms with E-state index in [9.17, 15) is 18.0 Å². The maximum absolute atomic E-state index is 13.5. The quantitative estimate of drug-likeness (QED) is 0.483. The van der Waals surface area contributed by atoms with Crippen molar-refractivity contribution in [3.05, 3.63) is 82.9 Å². The molecule has 0 saturated carbocycles. The van der Waals surface area contributed by atoms with E-state index in [1.165, 1.54) is 11.0 Å². The van der Waals surface area contributed by atoms with Crippen molar-refractivity contribution in [2.24, 2.45) is 0 Å². The summed E-state index contributed by atoms with van der Waals surface area (Å²) in [5.74, 6) is 0.597. The van der Waals surface area contributed by atoms with Gasteiger partial charge in [-0.2, -0.15) is 0 Å². The molecule has 0 radical (unpaired) electrons. The summed E-state index contributed by atoms with van der Waals surface area (Å²) in [5, 5.41) is 3.04. The Morgan fingerprint density at radius 3 is 2.44 bits per heavy atom. The normalized spacial score (nSPS) is 13.1. The monoisotopic (exact) mass is 529 g/mol. The topological polar surface area (TPSA) is 114 Å². The molecule has 2 N–H and O–H groups in total. The lowest BCUT2D eigenvalue weighted by Crippen LogP contribution is -2.52. The van der Waals surface area contributed by atoms with Gasteiger partial charge in [-0.25, -0.2) is 17.9 Å². The van der Waals surface area contributed by atoms with Gasteiger partial charge in [-0.3, -0.25) is 4.79 Å². The third-order valence-corrected chi connectivity index (χ3v) is 7.38. The Labute approximate surface area is 214 Å². The zero-order chi connectivity index (χ0) is 25.9. The summed E-state index contributed by atoms with van der Waals surface area (Å²) < 4.78 is 38.2. The average molecular weight is 530 g/mol. The Hall–Kier alpha value is -3.76. The van der Waals surface area contributed by atoms with Crippen LogP contribution in [-0.2, 0) is 21.2 Å². The molecule has 4 rings (SSSR count). The SMILES string of the molecule is Cc1ccccc1S(=O)(=O)NC(=O)NC(Cc1ccc(Cl)cc1)C(=O)N(C)c1ccc2c(c1)OCO2. The van der Waals surface area contributed by atoms with E-state index in [0.29, 0.717) is 27.8 Å². The molecule has 0 aliphatic carbocycles. The maximum atomic E-state index is 13.5. The highest BCUT2D eigenvalue weighted by Gasteiger charge is 2.28. The molecule has 11 heteroatoms. The largest absolute Gasteiger partial charge is 0.454 e. The van der Waals surface area contributed by atoms with Crippen LogP contribution >= 0.6 is 11.6 Å². The third kappa shape index (κ3) is 5.72. The Bertz CT molecular complexity index is 1400. The van der Waals surface area contributed by atoms with Crippen molar-refractivity contribution in [2.75, 3.05) is 18.7 Å². The van der Waals surface area contributed by atoms with Crippen LogP contribution in [-0.4, -0.2) is 40.2 Å². The number of carbonyl (C=O) groups excluding carboxylic acids is 2. The third-order valence-electron chi connectivity index (χ3n) is 5.64. The lowest BCUT2D eigenvalue weighted by atomic mass is 10.0. The van der Waals surface area contributed by atoms with Crippen molar-refractivity contribution in [1.29, 1.82) is 0 Å². The molecule has 0 spiro atoms. The number of likely N-dealkylation sites (N-methyl/N-ethyl adjacent to an activating group) is 1. The number of ether oxygens (including phenoxy) is 2. The van der Waals surface area contributed by atoms with E-state index in [0.717, 1.165) is 5.56 Å². The van der Waals surface area contributed by atoms with Gasteiger partial charge in [0, 0.05) is 30.2 Å². The van der Waals surface area contributed by atoms with E-state index in [1.54, 1.807) is 74.6 Å². The fourth-order valence-electron chi connectivity index (χ4n) is 3.73. The summed E-state index contributed by atoms with van der Waals surface area (Å²) >= 11 is 5.97. The van der Waals surface area contributed by atoms with Crippen LogP contribution in [0.5, 0.6) is 11.5 Å². The highest BCUT2D eigenvalue weighted by atomic mass is 35.5. The molecule has 3 aromatic rings. The average Bonchev–Trinajstić information content (AvgIpc) is 3.32. The number of halogens is 1. The molecule has 1 aliphatic rings. The van der Waals surface area contributed by atoms with E-state index in [2.05, 4.69) is 5.32 Å². The van der Waals surface area contributed by atoms with Crippen molar-refractivity contribution in [3.63, 3.8) is 0 Å². The molecule has 1 atom stereocenters. The molecule has 1 aliphatic heterocycles. The molecule has 0 bridgehead atoms. The van der Waals surface area contributed by atoms with Crippen LogP contribution in [0.1, 0.15) is 11.1 Å². The molecule has 3 aromatic carbocycles. The first-order valence-electron chi connectivity index (χ1n) is 10.9. The standard InChI is InChI=1S/C25H24ClN3O6S/c1-16-5-3-4-6-23(16)36(32,33)28-25(31)27-20(13-17-7-9-18(26)10-8-17)24(30)29(2)19-11-12-21-22(14-19)35-15-34-21/h3-12,14,20H,13,15H2,1-2H3,(H2,27,28,31). The molecular formula is C25H24ClN3O6S. The number of hydrogen-bond donors (Lipinski definition) is 2.